The van der Waals surface area contributed by atoms with Gasteiger partial charge in [-0.2, -0.15) is 5.26 Å². The van der Waals surface area contributed by atoms with Gasteiger partial charge in [0.2, 0.25) is 5.95 Å². The molecule has 0 aliphatic carbocycles. The number of anilines is 1. The number of aryl methyl sites for hydroxylation is 1. The summed E-state index contributed by atoms with van der Waals surface area (Å²) in [6, 6.07) is 2.48. The van der Waals surface area contributed by atoms with Gasteiger partial charge in [0.15, 0.2) is 5.15 Å². The third-order valence-electron chi connectivity index (χ3n) is 3.18. The Morgan fingerprint density at radius 2 is 2.37 bits per heavy atom. The number of likely N-dealkylation sites (tertiary alicyclic amines) is 1. The highest BCUT2D eigenvalue weighted by Gasteiger charge is 2.20. The second kappa shape index (κ2) is 6.64. The number of nitrogens with zero attached hydrogens (tertiary/aromatic N) is 5. The fraction of sp³-hybridized carbons (Fsp3) is 0.667. The maximum Gasteiger partial charge on any atom is 0.243 e. The molecule has 2 rings (SSSR count). The third-order valence-corrected chi connectivity index (χ3v) is 3.53. The van der Waals surface area contributed by atoms with E-state index in [-0.39, 0.29) is 0 Å². The van der Waals surface area contributed by atoms with Gasteiger partial charge in [-0.05, 0) is 26.3 Å². The van der Waals surface area contributed by atoms with Crippen LogP contribution in [0.2, 0.25) is 5.15 Å². The fourth-order valence-corrected chi connectivity index (χ4v) is 2.30. The number of hydrogen-bond acceptors (Lipinski definition) is 6. The van der Waals surface area contributed by atoms with Crippen LogP contribution in [0.4, 0.5) is 5.95 Å². The molecule has 6 nitrogen and oxygen atoms in total. The molecule has 102 valence electrons. The molecule has 1 aliphatic heterocycles. The molecule has 1 atom stereocenters. The highest BCUT2D eigenvalue weighted by Crippen LogP contribution is 2.15. The zero-order valence-electron chi connectivity index (χ0n) is 10.9. The molecule has 0 radical (unpaired) electrons. The molecule has 1 saturated heterocycles. The summed E-state index contributed by atoms with van der Waals surface area (Å²) in [4.78, 5) is 6.56. The summed E-state index contributed by atoms with van der Waals surface area (Å²) in [6.07, 6.45) is 2.77. The molecule has 1 fully saturated rings. The zero-order chi connectivity index (χ0) is 13.7. The molecular formula is C12H17ClN6. The van der Waals surface area contributed by atoms with Crippen LogP contribution in [0.25, 0.3) is 0 Å². The van der Waals surface area contributed by atoms with Crippen molar-refractivity contribution in [3.8, 4) is 6.07 Å². The van der Waals surface area contributed by atoms with E-state index in [0.717, 1.165) is 32.5 Å². The molecule has 0 saturated carbocycles. The van der Waals surface area contributed by atoms with Crippen molar-refractivity contribution < 1.29 is 0 Å². The van der Waals surface area contributed by atoms with Crippen LogP contribution in [-0.4, -0.2) is 45.8 Å². The molecule has 2 heterocycles. The number of rotatable bonds is 4. The Morgan fingerprint density at radius 3 is 3.11 bits per heavy atom. The van der Waals surface area contributed by atoms with Crippen molar-refractivity contribution in [2.75, 3.05) is 25.0 Å². The van der Waals surface area contributed by atoms with Crippen molar-refractivity contribution in [1.82, 2.24) is 20.1 Å². The number of nitriles is 1. The van der Waals surface area contributed by atoms with E-state index < -0.39 is 0 Å². The lowest BCUT2D eigenvalue weighted by molar-refractivity contribution is 0.220. The molecule has 0 amide bonds. The van der Waals surface area contributed by atoms with Gasteiger partial charge in [-0.15, -0.1) is 10.2 Å². The van der Waals surface area contributed by atoms with E-state index in [1.807, 2.05) is 6.92 Å². The van der Waals surface area contributed by atoms with E-state index >= 15 is 0 Å². The molecule has 1 aromatic rings. The summed E-state index contributed by atoms with van der Waals surface area (Å²) in [5.74, 6) is 0.522. The van der Waals surface area contributed by atoms with Gasteiger partial charge >= 0.3 is 0 Å². The van der Waals surface area contributed by atoms with Gasteiger partial charge in [0.05, 0.1) is 11.8 Å². The zero-order valence-corrected chi connectivity index (χ0v) is 11.7. The maximum atomic E-state index is 8.62. The van der Waals surface area contributed by atoms with Crippen LogP contribution in [0, 0.1) is 18.3 Å². The van der Waals surface area contributed by atoms with Crippen molar-refractivity contribution in [3.63, 3.8) is 0 Å². The van der Waals surface area contributed by atoms with E-state index in [2.05, 4.69) is 31.5 Å². The second-order valence-corrected chi connectivity index (χ2v) is 5.06. The predicted octanol–water partition coefficient (Wildman–Crippen LogP) is 1.62. The SMILES string of the molecule is Cc1nc(N[C@@H]2CCCN(CCC#N)C2)nnc1Cl. The quantitative estimate of drug-likeness (QED) is 0.903. The third kappa shape index (κ3) is 4.01. The first-order chi connectivity index (χ1) is 9.19. The molecule has 7 heteroatoms. The van der Waals surface area contributed by atoms with Crippen molar-refractivity contribution in [2.45, 2.75) is 32.2 Å². The van der Waals surface area contributed by atoms with Gasteiger partial charge in [-0.3, -0.25) is 0 Å². The lowest BCUT2D eigenvalue weighted by atomic mass is 10.1. The number of hydrogen-bond donors (Lipinski definition) is 1. The highest BCUT2D eigenvalue weighted by molar-refractivity contribution is 6.29. The van der Waals surface area contributed by atoms with Crippen molar-refractivity contribution in [3.05, 3.63) is 10.8 Å². The molecule has 0 bridgehead atoms. The summed E-state index contributed by atoms with van der Waals surface area (Å²) in [7, 11) is 0. The average Bonchev–Trinajstić information content (AvgIpc) is 2.41. The van der Waals surface area contributed by atoms with Crippen LogP contribution < -0.4 is 5.32 Å². The number of nitrogens with one attached hydrogen (secondary N) is 1. The Morgan fingerprint density at radius 1 is 1.53 bits per heavy atom. The average molecular weight is 281 g/mol. The van der Waals surface area contributed by atoms with Crippen LogP contribution in [0.3, 0.4) is 0 Å². The van der Waals surface area contributed by atoms with Gasteiger partial charge in [0, 0.05) is 25.6 Å². The molecule has 1 N–H and O–H groups in total. The standard InChI is InChI=1S/C12H17ClN6/c1-9-11(13)17-18-12(15-9)16-10-4-2-6-19(8-10)7-3-5-14/h10H,2-4,6-8H2,1H3,(H,15,16,18)/t10-/m1/s1. The normalized spacial score (nSPS) is 19.9. The monoisotopic (exact) mass is 280 g/mol. The van der Waals surface area contributed by atoms with Gasteiger partial charge < -0.3 is 10.2 Å². The minimum absolute atomic E-state index is 0.301. The number of piperidine rings is 1. The summed E-state index contributed by atoms with van der Waals surface area (Å²) in [5.41, 5.74) is 0.677. The highest BCUT2D eigenvalue weighted by atomic mass is 35.5. The summed E-state index contributed by atoms with van der Waals surface area (Å²) in [6.45, 7) is 4.60. The number of halogens is 1. The molecule has 1 aromatic heterocycles. The molecular weight excluding hydrogens is 264 g/mol. The van der Waals surface area contributed by atoms with Gasteiger partial charge in [-0.25, -0.2) is 4.98 Å². The van der Waals surface area contributed by atoms with Crippen molar-refractivity contribution >= 4 is 17.5 Å². The van der Waals surface area contributed by atoms with Gasteiger partial charge in [-0.1, -0.05) is 11.6 Å². The van der Waals surface area contributed by atoms with E-state index in [4.69, 9.17) is 16.9 Å². The van der Waals surface area contributed by atoms with Crippen LogP contribution >= 0.6 is 11.6 Å². The van der Waals surface area contributed by atoms with Crippen molar-refractivity contribution in [2.24, 2.45) is 0 Å². The van der Waals surface area contributed by atoms with Crippen LogP contribution in [-0.2, 0) is 0 Å². The van der Waals surface area contributed by atoms with E-state index in [9.17, 15) is 0 Å². The fourth-order valence-electron chi connectivity index (χ4n) is 2.22. The van der Waals surface area contributed by atoms with E-state index in [1.165, 1.54) is 0 Å². The Bertz CT molecular complexity index is 472. The predicted molar refractivity (Wildman–Crippen MR) is 72.9 cm³/mol. The van der Waals surface area contributed by atoms with Gasteiger partial charge in [0.1, 0.15) is 0 Å². The summed E-state index contributed by atoms with van der Waals surface area (Å²) >= 11 is 5.80. The molecule has 0 aromatic carbocycles. The lowest BCUT2D eigenvalue weighted by Gasteiger charge is -2.32. The van der Waals surface area contributed by atoms with Crippen LogP contribution in [0.15, 0.2) is 0 Å². The molecule has 0 unspecified atom stereocenters. The smallest absolute Gasteiger partial charge is 0.243 e. The summed E-state index contributed by atoms with van der Waals surface area (Å²) in [5, 5.41) is 20.0. The molecule has 1 aliphatic rings. The first-order valence-corrected chi connectivity index (χ1v) is 6.79. The first-order valence-electron chi connectivity index (χ1n) is 6.41. The minimum atomic E-state index is 0.301. The Kier molecular flexibility index (Phi) is 4.88. The Hall–Kier alpha value is -1.45. The van der Waals surface area contributed by atoms with Crippen molar-refractivity contribution in [1.29, 1.82) is 5.26 Å². The maximum absolute atomic E-state index is 8.62. The van der Waals surface area contributed by atoms with Crippen LogP contribution in [0.1, 0.15) is 25.0 Å². The Labute approximate surface area is 117 Å². The van der Waals surface area contributed by atoms with Crippen LogP contribution in [0.5, 0.6) is 0 Å². The first kappa shape index (κ1) is 14.0. The van der Waals surface area contributed by atoms with E-state index in [0.29, 0.717) is 29.3 Å². The van der Waals surface area contributed by atoms with Gasteiger partial charge in [0.25, 0.3) is 0 Å². The lowest BCUT2D eigenvalue weighted by Crippen LogP contribution is -2.42. The second-order valence-electron chi connectivity index (χ2n) is 4.70. The molecule has 19 heavy (non-hydrogen) atoms. The number of aromatic nitrogens is 3. The summed E-state index contributed by atoms with van der Waals surface area (Å²) < 4.78 is 0. The minimum Gasteiger partial charge on any atom is -0.349 e. The Balaban J connectivity index is 1.91. The van der Waals surface area contributed by atoms with E-state index in [1.54, 1.807) is 0 Å². The largest absolute Gasteiger partial charge is 0.349 e. The topological polar surface area (TPSA) is 77.7 Å². The molecule has 0 spiro atoms.